The van der Waals surface area contributed by atoms with E-state index in [1.807, 2.05) is 24.3 Å². The zero-order valence-corrected chi connectivity index (χ0v) is 25.0. The van der Waals surface area contributed by atoms with Crippen molar-refractivity contribution in [2.24, 2.45) is 0 Å². The van der Waals surface area contributed by atoms with Crippen molar-refractivity contribution in [2.45, 2.75) is 32.3 Å². The number of halogens is 9. The number of aryl methyl sites for hydroxylation is 1. The van der Waals surface area contributed by atoms with Crippen molar-refractivity contribution in [1.29, 1.82) is 0 Å². The maximum atomic E-state index is 15.2. The van der Waals surface area contributed by atoms with Crippen LogP contribution in [0.5, 0.6) is 11.5 Å². The molecular formula is C37H25F9O2. The maximum absolute atomic E-state index is 15.2. The van der Waals surface area contributed by atoms with E-state index in [1.165, 1.54) is 29.8 Å². The SMILES string of the molecule is CCCc1ccc(-c2ccc(-c3ccc(-c4ccc(C(F)(F)Oc5cc(F)c(O/C=C/C(F)F)c(F)c5)c(F)c4)c(F)c3)c(F)c2)cc1. The van der Waals surface area contributed by atoms with E-state index in [0.717, 1.165) is 30.5 Å². The van der Waals surface area contributed by atoms with Gasteiger partial charge in [-0.3, -0.25) is 0 Å². The molecule has 0 aliphatic rings. The van der Waals surface area contributed by atoms with Crippen LogP contribution in [0.4, 0.5) is 39.5 Å². The van der Waals surface area contributed by atoms with E-state index in [2.05, 4.69) is 16.4 Å². The summed E-state index contributed by atoms with van der Waals surface area (Å²) in [6.07, 6.45) is -4.99. The quantitative estimate of drug-likeness (QED) is 0.103. The molecule has 0 saturated heterocycles. The Kier molecular flexibility index (Phi) is 10.2. The zero-order chi connectivity index (χ0) is 34.6. The number of ether oxygens (including phenoxy) is 2. The van der Waals surface area contributed by atoms with Gasteiger partial charge in [-0.25, -0.2) is 30.7 Å². The Morgan fingerprint density at radius 1 is 0.625 bits per heavy atom. The monoisotopic (exact) mass is 672 g/mol. The standard InChI is InChI=1S/C37H25F9O2/c1-2-3-21-4-6-22(7-5-21)23-8-11-27(30(38)16-23)24-9-12-28(31(39)17-24)25-10-13-29(32(40)18-25)37(45,46)48-26-19-33(41)36(34(42)20-26)47-15-14-35(43)44/h4-20,35H,2-3H2,1H3/b15-14+. The molecule has 0 aliphatic heterocycles. The molecule has 0 spiro atoms. The van der Waals surface area contributed by atoms with Crippen LogP contribution in [-0.4, -0.2) is 6.43 Å². The zero-order valence-electron chi connectivity index (χ0n) is 25.0. The van der Waals surface area contributed by atoms with E-state index in [0.29, 0.717) is 36.1 Å². The van der Waals surface area contributed by atoms with Gasteiger partial charge < -0.3 is 9.47 Å². The van der Waals surface area contributed by atoms with Crippen LogP contribution in [0.1, 0.15) is 24.5 Å². The van der Waals surface area contributed by atoms with Gasteiger partial charge in [0.2, 0.25) is 0 Å². The molecule has 5 aromatic rings. The first-order valence-electron chi connectivity index (χ1n) is 14.5. The summed E-state index contributed by atoms with van der Waals surface area (Å²) in [4.78, 5) is 0. The Balaban J connectivity index is 1.34. The van der Waals surface area contributed by atoms with Crippen molar-refractivity contribution < 1.29 is 49.0 Å². The summed E-state index contributed by atoms with van der Waals surface area (Å²) in [7, 11) is 0. The highest BCUT2D eigenvalue weighted by Gasteiger charge is 2.38. The van der Waals surface area contributed by atoms with Gasteiger partial charge in [-0.15, -0.1) is 0 Å². The molecule has 5 rings (SSSR count). The normalized spacial score (nSPS) is 11.8. The van der Waals surface area contributed by atoms with E-state index < -0.39 is 58.7 Å². The predicted molar refractivity (Wildman–Crippen MR) is 163 cm³/mol. The summed E-state index contributed by atoms with van der Waals surface area (Å²) < 4.78 is 137. The molecule has 0 saturated carbocycles. The number of hydrogen-bond acceptors (Lipinski definition) is 2. The molecule has 0 N–H and O–H groups in total. The van der Waals surface area contributed by atoms with Crippen molar-refractivity contribution in [3.8, 4) is 44.9 Å². The van der Waals surface area contributed by atoms with Crippen LogP contribution in [0.3, 0.4) is 0 Å². The second kappa shape index (κ2) is 14.3. The van der Waals surface area contributed by atoms with Crippen molar-refractivity contribution in [3.63, 3.8) is 0 Å². The molecule has 0 fully saturated rings. The third kappa shape index (κ3) is 7.67. The summed E-state index contributed by atoms with van der Waals surface area (Å²) in [6.45, 7) is 2.08. The minimum absolute atomic E-state index is 0.113. The lowest BCUT2D eigenvalue weighted by Crippen LogP contribution is -2.23. The van der Waals surface area contributed by atoms with Crippen molar-refractivity contribution in [1.82, 2.24) is 0 Å². The fraction of sp³-hybridized carbons (Fsp3) is 0.135. The van der Waals surface area contributed by atoms with Gasteiger partial charge in [0, 0.05) is 29.3 Å². The minimum Gasteiger partial charge on any atom is -0.459 e. The number of rotatable bonds is 11. The second-order valence-electron chi connectivity index (χ2n) is 10.6. The number of allylic oxidation sites excluding steroid dienone is 1. The Hall–Kier alpha value is -5.19. The van der Waals surface area contributed by atoms with Gasteiger partial charge >= 0.3 is 6.11 Å². The molecule has 2 nitrogen and oxygen atoms in total. The van der Waals surface area contributed by atoms with Gasteiger partial charge in [-0.2, -0.15) is 8.78 Å². The highest BCUT2D eigenvalue weighted by atomic mass is 19.3. The van der Waals surface area contributed by atoms with E-state index >= 15 is 8.78 Å². The highest BCUT2D eigenvalue weighted by Crippen LogP contribution is 2.38. The molecule has 0 bridgehead atoms. The molecule has 248 valence electrons. The van der Waals surface area contributed by atoms with Crippen LogP contribution in [-0.2, 0) is 12.5 Å². The fourth-order valence-electron chi connectivity index (χ4n) is 4.99. The lowest BCUT2D eigenvalue weighted by molar-refractivity contribution is -0.187. The van der Waals surface area contributed by atoms with Crippen LogP contribution in [0.15, 0.2) is 103 Å². The summed E-state index contributed by atoms with van der Waals surface area (Å²) in [5, 5.41) is 0. The molecule has 0 unspecified atom stereocenters. The fourth-order valence-corrected chi connectivity index (χ4v) is 4.99. The summed E-state index contributed by atoms with van der Waals surface area (Å²) in [5.74, 6) is -8.32. The first-order valence-corrected chi connectivity index (χ1v) is 14.5. The Bertz CT molecular complexity index is 1930. The van der Waals surface area contributed by atoms with Gasteiger partial charge in [0.1, 0.15) is 23.2 Å². The maximum Gasteiger partial charge on any atom is 0.429 e. The molecular weight excluding hydrogens is 647 g/mol. The highest BCUT2D eigenvalue weighted by molar-refractivity contribution is 5.74. The van der Waals surface area contributed by atoms with Crippen LogP contribution in [0.2, 0.25) is 0 Å². The molecule has 11 heteroatoms. The van der Waals surface area contributed by atoms with Crippen LogP contribution < -0.4 is 9.47 Å². The second-order valence-corrected chi connectivity index (χ2v) is 10.6. The number of hydrogen-bond donors (Lipinski definition) is 0. The van der Waals surface area contributed by atoms with Crippen molar-refractivity contribution in [3.05, 3.63) is 144 Å². The Labute approximate surface area is 269 Å². The largest absolute Gasteiger partial charge is 0.459 e. The van der Waals surface area contributed by atoms with E-state index in [-0.39, 0.29) is 28.3 Å². The summed E-state index contributed by atoms with van der Waals surface area (Å²) in [5.41, 5.74) is 1.29. The average molecular weight is 673 g/mol. The molecule has 0 heterocycles. The van der Waals surface area contributed by atoms with Crippen LogP contribution in [0, 0.1) is 29.1 Å². The lowest BCUT2D eigenvalue weighted by Gasteiger charge is -2.20. The van der Waals surface area contributed by atoms with E-state index in [1.54, 1.807) is 6.07 Å². The smallest absolute Gasteiger partial charge is 0.429 e. The van der Waals surface area contributed by atoms with E-state index in [9.17, 15) is 30.7 Å². The summed E-state index contributed by atoms with van der Waals surface area (Å²) in [6, 6.07) is 18.8. The number of alkyl halides is 4. The predicted octanol–water partition coefficient (Wildman–Crippen LogP) is 11.6. The van der Waals surface area contributed by atoms with Gasteiger partial charge in [0.05, 0.1) is 11.8 Å². The molecule has 5 aromatic carbocycles. The molecule has 0 aliphatic carbocycles. The van der Waals surface area contributed by atoms with Crippen molar-refractivity contribution >= 4 is 0 Å². The first kappa shape index (κ1) is 34.2. The Morgan fingerprint density at radius 2 is 1.15 bits per heavy atom. The van der Waals surface area contributed by atoms with Gasteiger partial charge in [0.15, 0.2) is 17.4 Å². The molecule has 48 heavy (non-hydrogen) atoms. The van der Waals surface area contributed by atoms with Gasteiger partial charge in [-0.05, 0) is 58.5 Å². The summed E-state index contributed by atoms with van der Waals surface area (Å²) >= 11 is 0. The Morgan fingerprint density at radius 3 is 1.69 bits per heavy atom. The minimum atomic E-state index is -4.46. The van der Waals surface area contributed by atoms with Crippen molar-refractivity contribution in [2.75, 3.05) is 0 Å². The topological polar surface area (TPSA) is 18.5 Å². The third-order valence-electron chi connectivity index (χ3n) is 7.30. The average Bonchev–Trinajstić information content (AvgIpc) is 3.02. The van der Waals surface area contributed by atoms with Crippen LogP contribution >= 0.6 is 0 Å². The van der Waals surface area contributed by atoms with E-state index in [4.69, 9.17) is 0 Å². The molecule has 0 amide bonds. The third-order valence-corrected chi connectivity index (χ3v) is 7.30. The lowest BCUT2D eigenvalue weighted by atomic mass is 9.96. The molecule has 0 atom stereocenters. The molecule has 0 aromatic heterocycles. The first-order chi connectivity index (χ1) is 22.9. The molecule has 0 radical (unpaired) electrons. The number of benzene rings is 5. The van der Waals surface area contributed by atoms with Gasteiger partial charge in [0.25, 0.3) is 6.43 Å². The van der Waals surface area contributed by atoms with Gasteiger partial charge in [-0.1, -0.05) is 67.9 Å². The van der Waals surface area contributed by atoms with Crippen LogP contribution in [0.25, 0.3) is 33.4 Å².